The van der Waals surface area contributed by atoms with Crippen LogP contribution >= 0.6 is 0 Å². The second-order valence-electron chi connectivity index (χ2n) is 8.77. The zero-order chi connectivity index (χ0) is 24.5. The smallest absolute Gasteiger partial charge is 0.325 e. The summed E-state index contributed by atoms with van der Waals surface area (Å²) in [5.41, 5.74) is 2.95. The highest BCUT2D eigenvalue weighted by molar-refractivity contribution is 6.11. The molecule has 1 fully saturated rings. The Morgan fingerprint density at radius 3 is 2.35 bits per heavy atom. The zero-order valence-electron chi connectivity index (χ0n) is 19.9. The number of carbonyl (C=O) groups excluding carboxylic acids is 3. The molecular formula is C27H29N3O4. The lowest BCUT2D eigenvalue weighted by molar-refractivity contribution is -0.130. The first kappa shape index (κ1) is 23.3. The fraction of sp³-hybridized carbons (Fsp3) is 0.296. The molecule has 3 amide bonds. The predicted octanol–water partition coefficient (Wildman–Crippen LogP) is 4.01. The third-order valence-electron chi connectivity index (χ3n) is 6.59. The van der Waals surface area contributed by atoms with Crippen molar-refractivity contribution in [1.82, 2.24) is 14.8 Å². The van der Waals surface area contributed by atoms with Gasteiger partial charge < -0.3 is 14.6 Å². The zero-order valence-corrected chi connectivity index (χ0v) is 19.9. The Labute approximate surface area is 199 Å². The summed E-state index contributed by atoms with van der Waals surface area (Å²) in [6.45, 7) is 5.95. The van der Waals surface area contributed by atoms with Crippen molar-refractivity contribution in [1.29, 1.82) is 0 Å². The van der Waals surface area contributed by atoms with Crippen molar-refractivity contribution < 1.29 is 19.1 Å². The van der Waals surface area contributed by atoms with Gasteiger partial charge >= 0.3 is 6.03 Å². The molecular weight excluding hydrogens is 430 g/mol. The fourth-order valence-corrected chi connectivity index (χ4v) is 4.50. The number of imide groups is 1. The average molecular weight is 460 g/mol. The number of aryl methyl sites for hydroxylation is 2. The number of benzene rings is 2. The molecule has 1 unspecified atom stereocenters. The molecule has 1 aromatic heterocycles. The number of urea groups is 1. The molecule has 0 aliphatic carbocycles. The van der Waals surface area contributed by atoms with Crippen molar-refractivity contribution in [3.8, 4) is 5.75 Å². The molecule has 7 nitrogen and oxygen atoms in total. The van der Waals surface area contributed by atoms with E-state index in [2.05, 4.69) is 22.0 Å². The van der Waals surface area contributed by atoms with Gasteiger partial charge in [0.2, 0.25) is 0 Å². The van der Waals surface area contributed by atoms with Crippen LogP contribution < -0.4 is 10.1 Å². The van der Waals surface area contributed by atoms with Crippen molar-refractivity contribution >= 4 is 17.7 Å². The highest BCUT2D eigenvalue weighted by atomic mass is 16.5. The van der Waals surface area contributed by atoms with Crippen molar-refractivity contribution in [2.45, 2.75) is 39.3 Å². The van der Waals surface area contributed by atoms with E-state index >= 15 is 0 Å². The van der Waals surface area contributed by atoms with Gasteiger partial charge in [-0.2, -0.15) is 0 Å². The maximum Gasteiger partial charge on any atom is 0.325 e. The summed E-state index contributed by atoms with van der Waals surface area (Å²) in [6.07, 6.45) is 0.845. The molecule has 1 saturated heterocycles. The number of aromatic nitrogens is 1. The summed E-state index contributed by atoms with van der Waals surface area (Å²) < 4.78 is 7.28. The van der Waals surface area contributed by atoms with Crippen molar-refractivity contribution in [3.05, 3.63) is 88.7 Å². The lowest BCUT2D eigenvalue weighted by Gasteiger charge is -2.22. The minimum Gasteiger partial charge on any atom is -0.497 e. The number of hydrogen-bond donors (Lipinski definition) is 1. The second-order valence-corrected chi connectivity index (χ2v) is 8.77. The molecule has 3 aromatic rings. The van der Waals surface area contributed by atoms with Gasteiger partial charge in [-0.25, -0.2) is 4.79 Å². The molecule has 1 N–H and O–H groups in total. The van der Waals surface area contributed by atoms with Crippen LogP contribution in [0, 0.1) is 13.8 Å². The van der Waals surface area contributed by atoms with Crippen molar-refractivity contribution in [2.24, 2.45) is 0 Å². The van der Waals surface area contributed by atoms with Crippen LogP contribution in [0.25, 0.3) is 0 Å². The lowest BCUT2D eigenvalue weighted by atomic mass is 9.92. The van der Waals surface area contributed by atoms with Crippen LogP contribution in [0.3, 0.4) is 0 Å². The van der Waals surface area contributed by atoms with Crippen LogP contribution in [0.15, 0.2) is 60.7 Å². The van der Waals surface area contributed by atoms with Crippen LogP contribution in [0.2, 0.25) is 0 Å². The molecule has 0 bridgehead atoms. The highest BCUT2D eigenvalue weighted by Gasteiger charge is 2.49. The number of Topliss-reactive ketones (excluding diaryl/α,β-unsaturated/α-hetero) is 1. The van der Waals surface area contributed by atoms with E-state index in [-0.39, 0.29) is 12.3 Å². The predicted molar refractivity (Wildman–Crippen MR) is 129 cm³/mol. The number of amides is 3. The summed E-state index contributed by atoms with van der Waals surface area (Å²) in [7, 11) is 1.56. The Kier molecular flexibility index (Phi) is 6.28. The molecule has 7 heteroatoms. The van der Waals surface area contributed by atoms with E-state index in [0.29, 0.717) is 16.9 Å². The second kappa shape index (κ2) is 9.17. The molecule has 2 heterocycles. The van der Waals surface area contributed by atoms with Gasteiger partial charge in [0.05, 0.1) is 13.7 Å². The summed E-state index contributed by atoms with van der Waals surface area (Å²) >= 11 is 0. The van der Waals surface area contributed by atoms with Crippen molar-refractivity contribution in [2.75, 3.05) is 13.7 Å². The van der Waals surface area contributed by atoms with E-state index in [0.717, 1.165) is 29.3 Å². The summed E-state index contributed by atoms with van der Waals surface area (Å²) in [5, 5.41) is 2.75. The lowest BCUT2D eigenvalue weighted by Crippen LogP contribution is -2.41. The largest absolute Gasteiger partial charge is 0.497 e. The normalized spacial score (nSPS) is 17.7. The van der Waals surface area contributed by atoms with Crippen LogP contribution in [0.4, 0.5) is 4.79 Å². The number of hydrogen-bond acceptors (Lipinski definition) is 4. The fourth-order valence-electron chi connectivity index (χ4n) is 4.50. The van der Waals surface area contributed by atoms with E-state index in [1.54, 1.807) is 38.3 Å². The van der Waals surface area contributed by atoms with E-state index in [1.165, 1.54) is 5.56 Å². The van der Waals surface area contributed by atoms with Gasteiger partial charge in [0, 0.05) is 23.5 Å². The van der Waals surface area contributed by atoms with Crippen LogP contribution in [0.5, 0.6) is 5.75 Å². The molecule has 1 atom stereocenters. The van der Waals surface area contributed by atoms with Gasteiger partial charge in [-0.1, -0.05) is 42.5 Å². The Morgan fingerprint density at radius 1 is 1.03 bits per heavy atom. The van der Waals surface area contributed by atoms with E-state index < -0.39 is 17.5 Å². The van der Waals surface area contributed by atoms with E-state index in [4.69, 9.17) is 4.74 Å². The first-order valence-corrected chi connectivity index (χ1v) is 11.3. The Balaban J connectivity index is 1.50. The van der Waals surface area contributed by atoms with E-state index in [9.17, 15) is 14.4 Å². The van der Waals surface area contributed by atoms with Crippen LogP contribution in [-0.2, 0) is 23.3 Å². The Bertz CT molecular complexity index is 1230. The average Bonchev–Trinajstić information content (AvgIpc) is 3.25. The maximum absolute atomic E-state index is 13.2. The van der Waals surface area contributed by atoms with Gasteiger partial charge in [0.25, 0.3) is 5.91 Å². The molecule has 176 valence electrons. The minimum atomic E-state index is -1.24. The van der Waals surface area contributed by atoms with Crippen LogP contribution in [0.1, 0.15) is 39.8 Å². The molecule has 34 heavy (non-hydrogen) atoms. The van der Waals surface area contributed by atoms with Crippen LogP contribution in [-0.4, -0.2) is 40.8 Å². The molecule has 1 aliphatic rings. The summed E-state index contributed by atoms with van der Waals surface area (Å²) in [4.78, 5) is 40.1. The number of nitrogens with zero attached hydrogens (tertiary/aromatic N) is 2. The highest BCUT2D eigenvalue weighted by Crippen LogP contribution is 2.30. The third kappa shape index (κ3) is 4.21. The summed E-state index contributed by atoms with van der Waals surface area (Å²) in [5.74, 6) is -0.0609. The topological polar surface area (TPSA) is 80.6 Å². The van der Waals surface area contributed by atoms with E-state index in [1.807, 2.05) is 38.1 Å². The molecule has 2 aromatic carbocycles. The first-order chi connectivity index (χ1) is 16.2. The number of ether oxygens (including phenoxy) is 1. The molecule has 1 aliphatic heterocycles. The molecule has 0 spiro atoms. The van der Waals surface area contributed by atoms with Gasteiger partial charge in [-0.3, -0.25) is 14.5 Å². The summed E-state index contributed by atoms with van der Waals surface area (Å²) in [6, 6.07) is 18.4. The maximum atomic E-state index is 13.2. The van der Waals surface area contributed by atoms with Gasteiger partial charge in [0.1, 0.15) is 11.3 Å². The standard InChI is InChI=1S/C27H29N3O4/c1-18-16-23(19(2)29(18)15-14-20-8-6-5-7-9-20)24(31)17-30-25(32)27(3,28-26(30)33)21-10-12-22(34-4)13-11-21/h5-13,16H,14-15,17H2,1-4H3,(H,28,33). The van der Waals surface area contributed by atoms with Crippen molar-refractivity contribution in [3.63, 3.8) is 0 Å². The number of methoxy groups -OCH3 is 1. The quantitative estimate of drug-likeness (QED) is 0.408. The molecule has 0 radical (unpaired) electrons. The molecule has 0 saturated carbocycles. The number of carbonyl (C=O) groups is 3. The third-order valence-corrected chi connectivity index (χ3v) is 6.59. The Hall–Kier alpha value is -3.87. The first-order valence-electron chi connectivity index (χ1n) is 11.3. The molecule has 4 rings (SSSR count). The van der Waals surface area contributed by atoms with Gasteiger partial charge in [-0.05, 0) is 56.5 Å². The minimum absolute atomic E-state index is 0.262. The Morgan fingerprint density at radius 2 is 1.71 bits per heavy atom. The monoisotopic (exact) mass is 459 g/mol. The number of rotatable bonds is 8. The van der Waals surface area contributed by atoms with Gasteiger partial charge in [-0.15, -0.1) is 0 Å². The van der Waals surface area contributed by atoms with Gasteiger partial charge in [0.15, 0.2) is 5.78 Å². The SMILES string of the molecule is COc1ccc(C2(C)NC(=O)N(CC(=O)c3cc(C)n(CCc4ccccc4)c3C)C2=O)cc1. The number of nitrogens with one attached hydrogen (secondary N) is 1. The number of ketones is 1.